The maximum absolute atomic E-state index is 13.3. The van der Waals surface area contributed by atoms with Crippen molar-refractivity contribution in [1.29, 1.82) is 0 Å². The van der Waals surface area contributed by atoms with Gasteiger partial charge in [-0.3, -0.25) is 19.2 Å². The number of esters is 1. The molecule has 252 valence electrons. The number of hydrogen-bond acceptors (Lipinski definition) is 8. The highest BCUT2D eigenvalue weighted by Gasteiger charge is 2.28. The van der Waals surface area contributed by atoms with Gasteiger partial charge in [0, 0.05) is 32.6 Å². The van der Waals surface area contributed by atoms with Crippen LogP contribution in [-0.2, 0) is 35.3 Å². The molecule has 14 heteroatoms. The first kappa shape index (κ1) is 38.7. The molecular weight excluding hydrogens is 584 g/mol. The highest BCUT2D eigenvalue weighted by molar-refractivity contribution is 5.98. The number of nitrogens with two attached hydrogens (primary N) is 1. The third-order valence-corrected chi connectivity index (χ3v) is 6.75. The molecule has 0 aliphatic rings. The van der Waals surface area contributed by atoms with Crippen LogP contribution in [0.3, 0.4) is 0 Å². The molecule has 1 aromatic rings. The summed E-state index contributed by atoms with van der Waals surface area (Å²) in [6.07, 6.45) is 4.06. The number of unbranched alkanes of at least 4 members (excludes halogenated alkanes) is 3. The van der Waals surface area contributed by atoms with Gasteiger partial charge in [-0.1, -0.05) is 52.2 Å². The number of carbonyl (C=O) groups is 6. The van der Waals surface area contributed by atoms with Crippen LogP contribution < -0.4 is 27.0 Å². The molecule has 0 aromatic heterocycles. The van der Waals surface area contributed by atoms with Crippen molar-refractivity contribution in [2.24, 2.45) is 11.7 Å². The summed E-state index contributed by atoms with van der Waals surface area (Å²) in [5, 5.41) is 10.8. The zero-order valence-electron chi connectivity index (χ0n) is 27.1. The van der Waals surface area contributed by atoms with Gasteiger partial charge in [0.25, 0.3) is 0 Å². The fraction of sp³-hybridized carbons (Fsp3) is 0.613. The van der Waals surface area contributed by atoms with Gasteiger partial charge in [0.15, 0.2) is 0 Å². The predicted octanol–water partition coefficient (Wildman–Crippen LogP) is 2.80. The summed E-state index contributed by atoms with van der Waals surface area (Å²) in [7, 11) is 1.52. The van der Waals surface area contributed by atoms with Crippen LogP contribution in [-0.4, -0.2) is 79.5 Å². The second-order valence-electron chi connectivity index (χ2n) is 11.1. The van der Waals surface area contributed by atoms with Crippen LogP contribution in [0.4, 0.5) is 15.3 Å². The lowest BCUT2D eigenvalue weighted by Crippen LogP contribution is -2.54. The van der Waals surface area contributed by atoms with Crippen LogP contribution in [0.15, 0.2) is 24.3 Å². The Hall–Kier alpha value is -4.36. The molecule has 1 aromatic carbocycles. The molecule has 0 fully saturated rings. The van der Waals surface area contributed by atoms with Crippen LogP contribution >= 0.6 is 0 Å². The van der Waals surface area contributed by atoms with Gasteiger partial charge in [-0.25, -0.2) is 9.59 Å². The minimum absolute atomic E-state index is 0.0164. The molecule has 14 nitrogen and oxygen atoms in total. The second kappa shape index (κ2) is 21.4. The van der Waals surface area contributed by atoms with E-state index in [0.29, 0.717) is 24.1 Å². The summed E-state index contributed by atoms with van der Waals surface area (Å²) in [4.78, 5) is 74.4. The van der Waals surface area contributed by atoms with E-state index in [2.05, 4.69) is 28.2 Å². The predicted molar refractivity (Wildman–Crippen MR) is 169 cm³/mol. The van der Waals surface area contributed by atoms with Crippen LogP contribution in [0.2, 0.25) is 0 Å². The standard InChI is InChI=1S/C31H50N6O8/c1-6-7-8-9-12-26(39)36-27(21(2)3)29(41)35-25(11-10-17-33-30(32)42)28(40)34-24-15-13-23(14-16-24)20-45-31(43)37(5)18-19-44-22(4)38/h13-16,21,25,27H,6-12,17-20H2,1-5H3,(H,34,40)(H,35,41)(H,36,39)(H3,32,33,42)/t25-,27-/m0/s1. The molecule has 0 spiro atoms. The monoisotopic (exact) mass is 634 g/mol. The molecule has 45 heavy (non-hydrogen) atoms. The van der Waals surface area contributed by atoms with Gasteiger partial charge in [0.05, 0.1) is 6.54 Å². The maximum atomic E-state index is 13.3. The third-order valence-electron chi connectivity index (χ3n) is 6.75. The SMILES string of the molecule is CCCCCCC(=O)N[C@H](C(=O)N[C@@H](CCCNC(N)=O)C(=O)Nc1ccc(COC(=O)N(C)CCOC(C)=O)cc1)C(C)C. The molecule has 0 unspecified atom stereocenters. The van der Waals surface area contributed by atoms with Crippen LogP contribution in [0, 0.1) is 5.92 Å². The highest BCUT2D eigenvalue weighted by atomic mass is 16.6. The fourth-order valence-corrected chi connectivity index (χ4v) is 4.13. The number of primary amides is 1. The maximum Gasteiger partial charge on any atom is 0.409 e. The van der Waals surface area contributed by atoms with E-state index in [1.807, 2.05) is 13.8 Å². The van der Waals surface area contributed by atoms with E-state index in [1.165, 1.54) is 18.9 Å². The van der Waals surface area contributed by atoms with E-state index in [-0.39, 0.29) is 44.5 Å². The first-order chi connectivity index (χ1) is 21.3. The van der Waals surface area contributed by atoms with Gasteiger partial charge >= 0.3 is 18.1 Å². The van der Waals surface area contributed by atoms with E-state index in [4.69, 9.17) is 15.2 Å². The molecule has 0 saturated heterocycles. The number of rotatable bonds is 20. The molecule has 0 aliphatic heterocycles. The molecular formula is C31H50N6O8. The van der Waals surface area contributed by atoms with Crippen molar-refractivity contribution in [3.05, 3.63) is 29.8 Å². The average molecular weight is 635 g/mol. The molecule has 1 rings (SSSR count). The number of nitrogens with zero attached hydrogens (tertiary/aromatic N) is 1. The van der Waals surface area contributed by atoms with Gasteiger partial charge in [0.1, 0.15) is 25.3 Å². The van der Waals surface area contributed by atoms with Crippen molar-refractivity contribution in [3.63, 3.8) is 0 Å². The van der Waals surface area contributed by atoms with Crippen LogP contribution in [0.5, 0.6) is 0 Å². The summed E-state index contributed by atoms with van der Waals surface area (Å²) in [6.45, 7) is 7.43. The number of hydrogen-bond donors (Lipinski definition) is 5. The lowest BCUT2D eigenvalue weighted by atomic mass is 10.0. The molecule has 2 atom stereocenters. The molecule has 0 aliphatic carbocycles. The summed E-state index contributed by atoms with van der Waals surface area (Å²) >= 11 is 0. The number of urea groups is 1. The van der Waals surface area contributed by atoms with Crippen molar-refractivity contribution in [1.82, 2.24) is 20.9 Å². The van der Waals surface area contributed by atoms with E-state index in [1.54, 1.807) is 24.3 Å². The van der Waals surface area contributed by atoms with Crippen molar-refractivity contribution in [2.45, 2.75) is 91.3 Å². The van der Waals surface area contributed by atoms with Crippen molar-refractivity contribution in [3.8, 4) is 0 Å². The Balaban J connectivity index is 2.82. The minimum atomic E-state index is -0.960. The molecule has 6 N–H and O–H groups in total. The third kappa shape index (κ3) is 16.9. The first-order valence-corrected chi connectivity index (χ1v) is 15.4. The summed E-state index contributed by atoms with van der Waals surface area (Å²) in [6, 6.07) is 4.14. The lowest BCUT2D eigenvalue weighted by Gasteiger charge is -2.25. The second-order valence-corrected chi connectivity index (χ2v) is 11.1. The number of nitrogens with one attached hydrogen (secondary N) is 4. The highest BCUT2D eigenvalue weighted by Crippen LogP contribution is 2.13. The Morgan fingerprint density at radius 3 is 2.20 bits per heavy atom. The normalized spacial score (nSPS) is 12.0. The zero-order chi connectivity index (χ0) is 33.8. The smallest absolute Gasteiger partial charge is 0.409 e. The summed E-state index contributed by atoms with van der Waals surface area (Å²) in [5.41, 5.74) is 6.25. The molecule has 0 bridgehead atoms. The quantitative estimate of drug-likeness (QED) is 0.107. The average Bonchev–Trinajstić information content (AvgIpc) is 2.98. The minimum Gasteiger partial charge on any atom is -0.464 e. The number of ether oxygens (including phenoxy) is 2. The Bertz CT molecular complexity index is 1110. The van der Waals surface area contributed by atoms with Crippen molar-refractivity contribution < 1.29 is 38.2 Å². The topological polar surface area (TPSA) is 198 Å². The summed E-state index contributed by atoms with van der Waals surface area (Å²) < 4.78 is 10.1. The van der Waals surface area contributed by atoms with Crippen LogP contribution in [0.1, 0.15) is 78.2 Å². The van der Waals surface area contributed by atoms with Crippen molar-refractivity contribution >= 4 is 41.5 Å². The number of likely N-dealkylation sites (N-methyl/N-ethyl adjacent to an activating group) is 1. The van der Waals surface area contributed by atoms with Crippen molar-refractivity contribution in [2.75, 3.05) is 32.1 Å². The largest absolute Gasteiger partial charge is 0.464 e. The van der Waals surface area contributed by atoms with Crippen LogP contribution in [0.25, 0.3) is 0 Å². The van der Waals surface area contributed by atoms with Gasteiger partial charge in [0.2, 0.25) is 17.7 Å². The van der Waals surface area contributed by atoms with Gasteiger partial charge in [-0.05, 0) is 42.9 Å². The Kier molecular flexibility index (Phi) is 18.4. The first-order valence-electron chi connectivity index (χ1n) is 15.4. The van der Waals surface area contributed by atoms with Gasteiger partial charge < -0.3 is 41.4 Å². The number of amides is 6. The summed E-state index contributed by atoms with van der Waals surface area (Å²) in [5.74, 6) is -1.84. The Morgan fingerprint density at radius 1 is 0.911 bits per heavy atom. The Labute approximate surface area is 265 Å². The van der Waals surface area contributed by atoms with E-state index in [0.717, 1.165) is 25.7 Å². The molecule has 0 radical (unpaired) electrons. The molecule has 0 heterocycles. The number of carbonyl (C=O) groups excluding carboxylic acids is 6. The van der Waals surface area contributed by atoms with Gasteiger partial charge in [-0.2, -0.15) is 0 Å². The number of anilines is 1. The zero-order valence-corrected chi connectivity index (χ0v) is 27.1. The lowest BCUT2D eigenvalue weighted by molar-refractivity contribution is -0.141. The number of benzene rings is 1. The molecule has 6 amide bonds. The van der Waals surface area contributed by atoms with E-state index in [9.17, 15) is 28.8 Å². The van der Waals surface area contributed by atoms with E-state index < -0.39 is 42.0 Å². The van der Waals surface area contributed by atoms with Gasteiger partial charge in [-0.15, -0.1) is 0 Å². The van der Waals surface area contributed by atoms with E-state index >= 15 is 0 Å². The molecule has 0 saturated carbocycles. The Morgan fingerprint density at radius 2 is 1.60 bits per heavy atom. The fourth-order valence-electron chi connectivity index (χ4n) is 4.13.